The van der Waals surface area contributed by atoms with E-state index < -0.39 is 0 Å². The van der Waals surface area contributed by atoms with Crippen molar-refractivity contribution in [3.8, 4) is 0 Å². The molecule has 0 aromatic carbocycles. The van der Waals surface area contributed by atoms with Gasteiger partial charge in [-0.25, -0.2) is 4.68 Å². The molecule has 6 heteroatoms. The maximum Gasteiger partial charge on any atom is 0.234 e. The van der Waals surface area contributed by atoms with Crippen LogP contribution in [0.5, 0.6) is 0 Å². The number of amides is 1. The van der Waals surface area contributed by atoms with Crippen LogP contribution in [0.2, 0.25) is 0 Å². The van der Waals surface area contributed by atoms with Gasteiger partial charge in [-0.05, 0) is 33.6 Å². The van der Waals surface area contributed by atoms with Gasteiger partial charge in [0.1, 0.15) is 0 Å². The Bertz CT molecular complexity index is 416. The lowest BCUT2D eigenvalue weighted by Gasteiger charge is -2.17. The summed E-state index contributed by atoms with van der Waals surface area (Å²) in [4.78, 5) is 11.4. The number of nitrogens with zero attached hydrogens (tertiary/aromatic N) is 3. The van der Waals surface area contributed by atoms with Crippen molar-refractivity contribution in [1.29, 1.82) is 0 Å². The van der Waals surface area contributed by atoms with Gasteiger partial charge in [-0.15, -0.1) is 5.10 Å². The average molecular weight is 251 g/mol. The van der Waals surface area contributed by atoms with Crippen molar-refractivity contribution in [2.24, 2.45) is 0 Å². The summed E-state index contributed by atoms with van der Waals surface area (Å²) in [5.41, 5.74) is 0.790. The zero-order chi connectivity index (χ0) is 13.2. The summed E-state index contributed by atoms with van der Waals surface area (Å²) in [6.07, 6.45) is 4.14. The molecule has 0 atom stereocenters. The molecule has 0 unspecified atom stereocenters. The van der Waals surface area contributed by atoms with Gasteiger partial charge in [-0.3, -0.25) is 4.79 Å². The van der Waals surface area contributed by atoms with E-state index in [1.54, 1.807) is 0 Å². The number of rotatable bonds is 5. The van der Waals surface area contributed by atoms with E-state index in [2.05, 4.69) is 41.7 Å². The highest BCUT2D eigenvalue weighted by molar-refractivity contribution is 5.78. The molecular formula is C12H21N5O. The molecule has 18 heavy (non-hydrogen) atoms. The molecule has 100 valence electrons. The molecule has 6 nitrogen and oxygen atoms in total. The van der Waals surface area contributed by atoms with Crippen LogP contribution in [0.25, 0.3) is 0 Å². The molecule has 1 amide bonds. The van der Waals surface area contributed by atoms with E-state index in [4.69, 9.17) is 0 Å². The summed E-state index contributed by atoms with van der Waals surface area (Å²) in [6.45, 7) is 7.11. The average Bonchev–Trinajstić information content (AvgIpc) is 2.93. The molecule has 0 radical (unpaired) electrons. The fourth-order valence-corrected chi connectivity index (χ4v) is 1.52. The summed E-state index contributed by atoms with van der Waals surface area (Å²) in [7, 11) is 0. The van der Waals surface area contributed by atoms with Crippen LogP contribution < -0.4 is 10.6 Å². The second kappa shape index (κ2) is 5.06. The predicted molar refractivity (Wildman–Crippen MR) is 67.9 cm³/mol. The van der Waals surface area contributed by atoms with Gasteiger partial charge in [0.2, 0.25) is 5.91 Å². The number of carbonyl (C=O) groups is 1. The van der Waals surface area contributed by atoms with Crippen LogP contribution >= 0.6 is 0 Å². The van der Waals surface area contributed by atoms with Crippen molar-refractivity contribution in [3.63, 3.8) is 0 Å². The van der Waals surface area contributed by atoms with Crippen molar-refractivity contribution in [2.75, 3.05) is 6.54 Å². The minimum Gasteiger partial charge on any atom is -0.352 e. The van der Waals surface area contributed by atoms with E-state index in [9.17, 15) is 4.79 Å². The normalized spacial score (nSPS) is 15.7. The van der Waals surface area contributed by atoms with Crippen LogP contribution in [-0.4, -0.2) is 33.5 Å². The Kier molecular flexibility index (Phi) is 3.65. The smallest absolute Gasteiger partial charge is 0.234 e. The second-order valence-electron chi connectivity index (χ2n) is 5.77. The third-order valence-electron chi connectivity index (χ3n) is 2.76. The first-order valence-corrected chi connectivity index (χ1v) is 6.37. The summed E-state index contributed by atoms with van der Waals surface area (Å²) < 4.78 is 1.83. The quantitative estimate of drug-likeness (QED) is 0.794. The molecular weight excluding hydrogens is 230 g/mol. The summed E-state index contributed by atoms with van der Waals surface area (Å²) in [5.74, 6) is 0.0562. The maximum atomic E-state index is 11.4. The van der Waals surface area contributed by atoms with Crippen molar-refractivity contribution in [3.05, 3.63) is 11.9 Å². The minimum atomic E-state index is -0.0609. The predicted octanol–water partition coefficient (Wildman–Crippen LogP) is 0.401. The Morgan fingerprint density at radius 1 is 1.50 bits per heavy atom. The van der Waals surface area contributed by atoms with E-state index >= 15 is 0 Å². The lowest BCUT2D eigenvalue weighted by atomic mass is 10.1. The van der Waals surface area contributed by atoms with Crippen molar-refractivity contribution < 1.29 is 4.79 Å². The number of hydrogen-bond acceptors (Lipinski definition) is 4. The van der Waals surface area contributed by atoms with Crippen molar-refractivity contribution >= 4 is 5.91 Å². The number of aromatic nitrogens is 3. The lowest BCUT2D eigenvalue weighted by Crippen LogP contribution is -2.34. The molecule has 1 fully saturated rings. The SMILES string of the molecule is CC(C)(C)n1cc(CNCC(=O)NC2CC2)nn1. The van der Waals surface area contributed by atoms with E-state index in [0.717, 1.165) is 18.5 Å². The maximum absolute atomic E-state index is 11.4. The minimum absolute atomic E-state index is 0.0562. The Labute approximate surface area is 107 Å². The van der Waals surface area contributed by atoms with Crippen LogP contribution in [0, 0.1) is 0 Å². The highest BCUT2D eigenvalue weighted by Gasteiger charge is 2.22. The third-order valence-corrected chi connectivity index (χ3v) is 2.76. The third kappa shape index (κ3) is 3.80. The zero-order valence-electron chi connectivity index (χ0n) is 11.2. The largest absolute Gasteiger partial charge is 0.352 e. The van der Waals surface area contributed by atoms with Gasteiger partial charge < -0.3 is 10.6 Å². The van der Waals surface area contributed by atoms with Crippen LogP contribution in [0.4, 0.5) is 0 Å². The molecule has 0 saturated heterocycles. The molecule has 2 rings (SSSR count). The van der Waals surface area contributed by atoms with Gasteiger partial charge in [0, 0.05) is 12.6 Å². The number of nitrogens with one attached hydrogen (secondary N) is 2. The first-order chi connectivity index (χ1) is 8.45. The van der Waals surface area contributed by atoms with E-state index in [1.807, 2.05) is 10.9 Å². The Hall–Kier alpha value is -1.43. The van der Waals surface area contributed by atoms with Gasteiger partial charge in [-0.1, -0.05) is 5.21 Å². The summed E-state index contributed by atoms with van der Waals surface area (Å²) >= 11 is 0. The van der Waals surface area contributed by atoms with Crippen LogP contribution in [0.15, 0.2) is 6.20 Å². The standard InChI is InChI=1S/C12H21N5O/c1-12(2,3)17-8-10(15-16-17)6-13-7-11(18)14-9-4-5-9/h8-9,13H,4-7H2,1-3H3,(H,14,18). The molecule has 1 saturated carbocycles. The molecule has 2 N–H and O–H groups in total. The van der Waals surface area contributed by atoms with E-state index in [-0.39, 0.29) is 11.4 Å². The van der Waals surface area contributed by atoms with Gasteiger partial charge in [0.05, 0.1) is 24.0 Å². The van der Waals surface area contributed by atoms with Crippen LogP contribution in [0.1, 0.15) is 39.3 Å². The van der Waals surface area contributed by atoms with Gasteiger partial charge >= 0.3 is 0 Å². The summed E-state index contributed by atoms with van der Waals surface area (Å²) in [5, 5.41) is 14.1. The lowest BCUT2D eigenvalue weighted by molar-refractivity contribution is -0.120. The molecule has 1 aliphatic carbocycles. The van der Waals surface area contributed by atoms with Gasteiger partial charge in [0.15, 0.2) is 0 Å². The molecule has 1 aliphatic rings. The topological polar surface area (TPSA) is 71.8 Å². The van der Waals surface area contributed by atoms with Gasteiger partial charge in [0.25, 0.3) is 0 Å². The molecule has 1 aromatic heterocycles. The Morgan fingerprint density at radius 2 is 2.22 bits per heavy atom. The highest BCUT2D eigenvalue weighted by Crippen LogP contribution is 2.18. The monoisotopic (exact) mass is 251 g/mol. The number of carbonyl (C=O) groups excluding carboxylic acids is 1. The van der Waals surface area contributed by atoms with Gasteiger partial charge in [-0.2, -0.15) is 0 Å². The highest BCUT2D eigenvalue weighted by atomic mass is 16.2. The Morgan fingerprint density at radius 3 is 2.78 bits per heavy atom. The second-order valence-corrected chi connectivity index (χ2v) is 5.77. The first kappa shape index (κ1) is 13.0. The van der Waals surface area contributed by atoms with E-state index in [0.29, 0.717) is 19.1 Å². The van der Waals surface area contributed by atoms with Crippen LogP contribution in [-0.2, 0) is 16.9 Å². The number of hydrogen-bond donors (Lipinski definition) is 2. The molecule has 1 heterocycles. The molecule has 0 aliphatic heterocycles. The van der Waals surface area contributed by atoms with Crippen LogP contribution in [0.3, 0.4) is 0 Å². The Balaban J connectivity index is 1.72. The first-order valence-electron chi connectivity index (χ1n) is 6.37. The summed E-state index contributed by atoms with van der Waals surface area (Å²) in [6, 6.07) is 0.418. The molecule has 0 spiro atoms. The molecule has 1 aromatic rings. The van der Waals surface area contributed by atoms with Crippen molar-refractivity contribution in [2.45, 2.75) is 51.7 Å². The van der Waals surface area contributed by atoms with E-state index in [1.165, 1.54) is 0 Å². The van der Waals surface area contributed by atoms with Crippen molar-refractivity contribution in [1.82, 2.24) is 25.6 Å². The fourth-order valence-electron chi connectivity index (χ4n) is 1.52. The zero-order valence-corrected chi connectivity index (χ0v) is 11.2. The fraction of sp³-hybridized carbons (Fsp3) is 0.750. The molecule has 0 bridgehead atoms.